The zero-order valence-electron chi connectivity index (χ0n) is 17.9. The van der Waals surface area contributed by atoms with Crippen molar-refractivity contribution in [3.63, 3.8) is 0 Å². The highest BCUT2D eigenvalue weighted by Crippen LogP contribution is 2.37. The third-order valence-corrected chi connectivity index (χ3v) is 7.53. The van der Waals surface area contributed by atoms with Crippen LogP contribution in [-0.4, -0.2) is 47.8 Å². The van der Waals surface area contributed by atoms with Crippen LogP contribution < -0.4 is 5.32 Å². The number of hydrogen-bond acceptors (Lipinski definition) is 3. The molecule has 1 aromatic rings. The average molecular weight is 457 g/mol. The van der Waals surface area contributed by atoms with Gasteiger partial charge in [-0.25, -0.2) is 0 Å². The van der Waals surface area contributed by atoms with E-state index in [0.29, 0.717) is 23.3 Å². The second-order valence-electron chi connectivity index (χ2n) is 8.66. The van der Waals surface area contributed by atoms with E-state index < -0.39 is 18.1 Å². The molecule has 0 spiro atoms. The summed E-state index contributed by atoms with van der Waals surface area (Å²) in [5.74, 6) is -1.46. The maximum atomic E-state index is 13.1. The van der Waals surface area contributed by atoms with Crippen LogP contribution in [0, 0.1) is 5.92 Å². The lowest BCUT2D eigenvalue weighted by Gasteiger charge is -2.31. The minimum atomic E-state index is -4.22. The number of alkyl halides is 3. The number of rotatable bonds is 6. The minimum Gasteiger partial charge on any atom is -0.349 e. The average Bonchev–Trinajstić information content (AvgIpc) is 2.77. The van der Waals surface area contributed by atoms with Crippen molar-refractivity contribution >= 4 is 23.6 Å². The minimum absolute atomic E-state index is 0.0346. The van der Waals surface area contributed by atoms with Crippen molar-refractivity contribution in [2.45, 2.75) is 80.9 Å². The number of thioether (sulfide) groups is 1. The van der Waals surface area contributed by atoms with Gasteiger partial charge in [0.05, 0.1) is 17.2 Å². The number of halogens is 3. The first kappa shape index (κ1) is 24.0. The molecule has 0 radical (unpaired) electrons. The zero-order chi connectivity index (χ0) is 22.4. The Balaban J connectivity index is 1.58. The molecule has 0 aromatic heterocycles. The van der Waals surface area contributed by atoms with E-state index in [4.69, 9.17) is 0 Å². The summed E-state index contributed by atoms with van der Waals surface area (Å²) in [6.45, 7) is 0. The molecule has 4 nitrogen and oxygen atoms in total. The molecule has 8 heteroatoms. The quantitative estimate of drug-likeness (QED) is 0.582. The largest absolute Gasteiger partial charge is 0.391 e. The molecule has 1 aromatic carbocycles. The Bertz CT molecular complexity index is 765. The van der Waals surface area contributed by atoms with Crippen LogP contribution in [0.2, 0.25) is 0 Å². The molecule has 2 unspecified atom stereocenters. The van der Waals surface area contributed by atoms with Gasteiger partial charge in [0, 0.05) is 24.0 Å². The summed E-state index contributed by atoms with van der Waals surface area (Å²) in [5, 5.41) is 2.79. The van der Waals surface area contributed by atoms with Gasteiger partial charge in [-0.05, 0) is 44.2 Å². The van der Waals surface area contributed by atoms with Gasteiger partial charge in [0.1, 0.15) is 0 Å². The Morgan fingerprint density at radius 3 is 2.48 bits per heavy atom. The SMILES string of the molecule is CN(C(=O)CSc1ccccc1C(=O)NC1CCCC(C(F)(F)F)C1)C1CCCCC1. The lowest BCUT2D eigenvalue weighted by atomic mass is 9.85. The third kappa shape index (κ3) is 6.64. The van der Waals surface area contributed by atoms with Gasteiger partial charge in [0.15, 0.2) is 0 Å². The van der Waals surface area contributed by atoms with E-state index in [-0.39, 0.29) is 36.5 Å². The Hall–Kier alpha value is -1.70. The highest BCUT2D eigenvalue weighted by Gasteiger charge is 2.42. The monoisotopic (exact) mass is 456 g/mol. The van der Waals surface area contributed by atoms with Crippen LogP contribution in [0.1, 0.15) is 68.1 Å². The van der Waals surface area contributed by atoms with Crippen LogP contribution in [0.3, 0.4) is 0 Å². The van der Waals surface area contributed by atoms with Crippen molar-refractivity contribution in [3.05, 3.63) is 29.8 Å². The van der Waals surface area contributed by atoms with Gasteiger partial charge >= 0.3 is 6.18 Å². The molecule has 2 fully saturated rings. The summed E-state index contributed by atoms with van der Waals surface area (Å²) in [5.41, 5.74) is 0.412. The van der Waals surface area contributed by atoms with E-state index >= 15 is 0 Å². The number of benzene rings is 1. The smallest absolute Gasteiger partial charge is 0.349 e. The molecule has 172 valence electrons. The number of hydrogen-bond donors (Lipinski definition) is 1. The second-order valence-corrected chi connectivity index (χ2v) is 9.67. The van der Waals surface area contributed by atoms with Crippen molar-refractivity contribution in [1.29, 1.82) is 0 Å². The highest BCUT2D eigenvalue weighted by atomic mass is 32.2. The van der Waals surface area contributed by atoms with Gasteiger partial charge in [-0.15, -0.1) is 11.8 Å². The van der Waals surface area contributed by atoms with Crippen molar-refractivity contribution < 1.29 is 22.8 Å². The van der Waals surface area contributed by atoms with Gasteiger partial charge in [-0.3, -0.25) is 9.59 Å². The van der Waals surface area contributed by atoms with Crippen LogP contribution >= 0.6 is 11.8 Å². The van der Waals surface area contributed by atoms with E-state index in [1.54, 1.807) is 24.3 Å². The fourth-order valence-corrected chi connectivity index (χ4v) is 5.55. The predicted octanol–water partition coefficient (Wildman–Crippen LogP) is 5.42. The highest BCUT2D eigenvalue weighted by molar-refractivity contribution is 8.00. The summed E-state index contributed by atoms with van der Waals surface area (Å²) < 4.78 is 39.2. The molecule has 0 aliphatic heterocycles. The standard InChI is InChI=1S/C23H31F3N2O2S/c1-28(18-10-3-2-4-11-18)21(29)15-31-20-13-6-5-12-19(20)22(30)27-17-9-7-8-16(14-17)23(24,25)26/h5-6,12-13,16-18H,2-4,7-11,14-15H2,1H3,(H,27,30). The lowest BCUT2D eigenvalue weighted by Crippen LogP contribution is -2.41. The maximum absolute atomic E-state index is 13.1. The molecule has 0 heterocycles. The Labute approximate surface area is 186 Å². The molecule has 0 bridgehead atoms. The number of nitrogens with one attached hydrogen (secondary N) is 1. The predicted molar refractivity (Wildman–Crippen MR) is 116 cm³/mol. The fraction of sp³-hybridized carbons (Fsp3) is 0.652. The summed E-state index contributed by atoms with van der Waals surface area (Å²) in [7, 11) is 1.84. The molecule has 3 rings (SSSR count). The van der Waals surface area contributed by atoms with Gasteiger partial charge in [0.2, 0.25) is 5.91 Å². The number of carbonyl (C=O) groups is 2. The van der Waals surface area contributed by atoms with Crippen LogP contribution in [0.4, 0.5) is 13.2 Å². The molecular formula is C23H31F3N2O2S. The van der Waals surface area contributed by atoms with Gasteiger partial charge in [-0.2, -0.15) is 13.2 Å². The van der Waals surface area contributed by atoms with E-state index in [0.717, 1.165) is 25.7 Å². The first-order valence-electron chi connectivity index (χ1n) is 11.1. The Morgan fingerprint density at radius 1 is 1.06 bits per heavy atom. The van der Waals surface area contributed by atoms with Gasteiger partial charge < -0.3 is 10.2 Å². The summed E-state index contributed by atoms with van der Waals surface area (Å²) in [6, 6.07) is 6.78. The van der Waals surface area contributed by atoms with Crippen LogP contribution in [-0.2, 0) is 4.79 Å². The summed E-state index contributed by atoms with van der Waals surface area (Å²) >= 11 is 1.31. The molecule has 1 N–H and O–H groups in total. The molecule has 2 saturated carbocycles. The van der Waals surface area contributed by atoms with Crippen molar-refractivity contribution in [2.24, 2.45) is 5.92 Å². The fourth-order valence-electron chi connectivity index (χ4n) is 4.57. The molecule has 2 aliphatic rings. The molecule has 0 saturated heterocycles. The van der Waals surface area contributed by atoms with Crippen LogP contribution in [0.15, 0.2) is 29.2 Å². The first-order valence-corrected chi connectivity index (χ1v) is 12.1. The van der Waals surface area contributed by atoms with E-state index in [2.05, 4.69) is 5.32 Å². The second kappa shape index (κ2) is 10.7. The number of carbonyl (C=O) groups excluding carboxylic acids is 2. The summed E-state index contributed by atoms with van der Waals surface area (Å²) in [4.78, 5) is 28.0. The molecular weight excluding hydrogens is 425 g/mol. The molecule has 31 heavy (non-hydrogen) atoms. The topological polar surface area (TPSA) is 49.4 Å². The van der Waals surface area contributed by atoms with Crippen molar-refractivity contribution in [2.75, 3.05) is 12.8 Å². The normalized spacial score (nSPS) is 22.7. The first-order chi connectivity index (χ1) is 14.8. The van der Waals surface area contributed by atoms with E-state index in [1.807, 2.05) is 11.9 Å². The maximum Gasteiger partial charge on any atom is 0.391 e. The third-order valence-electron chi connectivity index (χ3n) is 6.47. The van der Waals surface area contributed by atoms with Crippen LogP contribution in [0.25, 0.3) is 0 Å². The van der Waals surface area contributed by atoms with E-state index in [1.165, 1.54) is 18.2 Å². The van der Waals surface area contributed by atoms with Gasteiger partial charge in [0.25, 0.3) is 5.91 Å². The number of amides is 2. The molecule has 2 atom stereocenters. The Morgan fingerprint density at radius 2 is 1.77 bits per heavy atom. The molecule has 2 amide bonds. The van der Waals surface area contributed by atoms with E-state index in [9.17, 15) is 22.8 Å². The Kier molecular flexibility index (Phi) is 8.30. The zero-order valence-corrected chi connectivity index (χ0v) is 18.7. The summed E-state index contributed by atoms with van der Waals surface area (Å²) in [6.07, 6.45) is 2.42. The van der Waals surface area contributed by atoms with Crippen molar-refractivity contribution in [3.8, 4) is 0 Å². The van der Waals surface area contributed by atoms with Crippen LogP contribution in [0.5, 0.6) is 0 Å². The van der Waals surface area contributed by atoms with Crippen molar-refractivity contribution in [1.82, 2.24) is 10.2 Å². The lowest BCUT2D eigenvalue weighted by molar-refractivity contribution is -0.183. The molecule has 2 aliphatic carbocycles. The number of nitrogens with zero attached hydrogens (tertiary/aromatic N) is 1. The van der Waals surface area contributed by atoms with Gasteiger partial charge in [-0.1, -0.05) is 37.8 Å².